The van der Waals surface area contributed by atoms with Gasteiger partial charge in [-0.1, -0.05) is 25.3 Å². The summed E-state index contributed by atoms with van der Waals surface area (Å²) in [6.45, 7) is 2.03. The maximum absolute atomic E-state index is 10.9. The second kappa shape index (κ2) is 5.05. The summed E-state index contributed by atoms with van der Waals surface area (Å²) in [6.07, 6.45) is 7.33. The molecule has 0 aromatic carbocycles. The Labute approximate surface area is 79.6 Å². The smallest absolute Gasteiger partial charge is 0.331 e. The van der Waals surface area contributed by atoms with Crippen LogP contribution >= 0.6 is 0 Å². The van der Waals surface area contributed by atoms with Crippen molar-refractivity contribution in [2.45, 2.75) is 51.9 Å². The molecule has 1 aliphatic rings. The molecule has 0 radical (unpaired) electrons. The Bertz CT molecular complexity index is 208. The van der Waals surface area contributed by atoms with E-state index < -0.39 is 5.97 Å². The van der Waals surface area contributed by atoms with Gasteiger partial charge in [0.15, 0.2) is 0 Å². The van der Waals surface area contributed by atoms with Crippen LogP contribution in [0.5, 0.6) is 0 Å². The normalized spacial score (nSPS) is 17.2. The first-order valence-corrected chi connectivity index (χ1v) is 5.20. The van der Waals surface area contributed by atoms with Crippen LogP contribution in [0.3, 0.4) is 0 Å². The summed E-state index contributed by atoms with van der Waals surface area (Å²) in [5.74, 6) is -0.696. The SMILES string of the molecule is CCCC(C(=O)O)=C1CCCCC1. The first kappa shape index (κ1) is 10.3. The van der Waals surface area contributed by atoms with Gasteiger partial charge < -0.3 is 5.11 Å². The third-order valence-corrected chi connectivity index (χ3v) is 2.64. The molecule has 0 amide bonds. The zero-order chi connectivity index (χ0) is 9.68. The van der Waals surface area contributed by atoms with Crippen molar-refractivity contribution in [2.24, 2.45) is 0 Å². The van der Waals surface area contributed by atoms with E-state index in [0.29, 0.717) is 5.57 Å². The summed E-state index contributed by atoms with van der Waals surface area (Å²) in [6, 6.07) is 0. The van der Waals surface area contributed by atoms with Crippen LogP contribution in [-0.4, -0.2) is 11.1 Å². The molecule has 0 saturated heterocycles. The second-order valence-corrected chi connectivity index (χ2v) is 3.70. The van der Waals surface area contributed by atoms with Crippen molar-refractivity contribution in [2.75, 3.05) is 0 Å². The van der Waals surface area contributed by atoms with E-state index in [1.807, 2.05) is 6.92 Å². The number of carboxylic acids is 1. The number of rotatable bonds is 3. The number of carbonyl (C=O) groups is 1. The van der Waals surface area contributed by atoms with Crippen molar-refractivity contribution in [1.82, 2.24) is 0 Å². The Balaban J connectivity index is 2.73. The van der Waals surface area contributed by atoms with E-state index in [2.05, 4.69) is 0 Å². The molecule has 0 aliphatic heterocycles. The maximum Gasteiger partial charge on any atom is 0.331 e. The molecule has 1 aliphatic carbocycles. The van der Waals surface area contributed by atoms with Gasteiger partial charge in [0.25, 0.3) is 0 Å². The summed E-state index contributed by atoms with van der Waals surface area (Å²) in [7, 11) is 0. The lowest BCUT2D eigenvalue weighted by Crippen LogP contribution is -2.07. The molecular weight excluding hydrogens is 164 g/mol. The molecule has 0 aromatic rings. The van der Waals surface area contributed by atoms with E-state index in [9.17, 15) is 4.79 Å². The largest absolute Gasteiger partial charge is 0.478 e. The lowest BCUT2D eigenvalue weighted by Gasteiger charge is -2.16. The average molecular weight is 182 g/mol. The van der Waals surface area contributed by atoms with E-state index in [4.69, 9.17) is 5.11 Å². The monoisotopic (exact) mass is 182 g/mol. The summed E-state index contributed by atoms with van der Waals surface area (Å²) in [4.78, 5) is 10.9. The van der Waals surface area contributed by atoms with E-state index in [1.165, 1.54) is 24.8 Å². The van der Waals surface area contributed by atoms with Gasteiger partial charge in [0.1, 0.15) is 0 Å². The Morgan fingerprint density at radius 2 is 1.92 bits per heavy atom. The quantitative estimate of drug-likeness (QED) is 0.681. The minimum absolute atomic E-state index is 0.696. The molecule has 0 aromatic heterocycles. The van der Waals surface area contributed by atoms with E-state index in [0.717, 1.165) is 25.7 Å². The molecule has 0 unspecified atom stereocenters. The van der Waals surface area contributed by atoms with Crippen LogP contribution in [0.2, 0.25) is 0 Å². The van der Waals surface area contributed by atoms with E-state index in [1.54, 1.807) is 0 Å². The fourth-order valence-electron chi connectivity index (χ4n) is 1.97. The topological polar surface area (TPSA) is 37.3 Å². The Kier molecular flexibility index (Phi) is 4.00. The van der Waals surface area contributed by atoms with E-state index >= 15 is 0 Å². The lowest BCUT2D eigenvalue weighted by atomic mass is 9.89. The number of carboxylic acid groups (broad SMARTS) is 1. The Morgan fingerprint density at radius 3 is 2.38 bits per heavy atom. The van der Waals surface area contributed by atoms with Gasteiger partial charge in [-0.05, 0) is 32.1 Å². The van der Waals surface area contributed by atoms with Crippen LogP contribution in [0.15, 0.2) is 11.1 Å². The first-order chi connectivity index (χ1) is 6.25. The van der Waals surface area contributed by atoms with Crippen LogP contribution in [-0.2, 0) is 4.79 Å². The minimum Gasteiger partial charge on any atom is -0.478 e. The fourth-order valence-corrected chi connectivity index (χ4v) is 1.97. The molecule has 1 fully saturated rings. The van der Waals surface area contributed by atoms with Crippen LogP contribution in [0.1, 0.15) is 51.9 Å². The highest BCUT2D eigenvalue weighted by atomic mass is 16.4. The first-order valence-electron chi connectivity index (χ1n) is 5.20. The molecule has 1 saturated carbocycles. The zero-order valence-corrected chi connectivity index (χ0v) is 8.31. The molecule has 1 N–H and O–H groups in total. The highest BCUT2D eigenvalue weighted by Gasteiger charge is 2.15. The number of allylic oxidation sites excluding steroid dienone is 1. The predicted molar refractivity (Wildman–Crippen MR) is 52.7 cm³/mol. The third-order valence-electron chi connectivity index (χ3n) is 2.64. The summed E-state index contributed by atoms with van der Waals surface area (Å²) >= 11 is 0. The maximum atomic E-state index is 10.9. The van der Waals surface area contributed by atoms with Crippen molar-refractivity contribution < 1.29 is 9.90 Å². The third kappa shape index (κ3) is 2.87. The van der Waals surface area contributed by atoms with Gasteiger partial charge in [0, 0.05) is 5.57 Å². The molecule has 0 spiro atoms. The summed E-state index contributed by atoms with van der Waals surface area (Å²) in [5, 5.41) is 9.00. The zero-order valence-electron chi connectivity index (χ0n) is 8.31. The van der Waals surface area contributed by atoms with Gasteiger partial charge in [-0.15, -0.1) is 0 Å². The second-order valence-electron chi connectivity index (χ2n) is 3.70. The molecule has 1 rings (SSSR count). The minimum atomic E-state index is -0.696. The fraction of sp³-hybridized carbons (Fsp3) is 0.727. The Morgan fingerprint density at radius 1 is 1.31 bits per heavy atom. The van der Waals surface area contributed by atoms with Gasteiger partial charge in [0.05, 0.1) is 0 Å². The average Bonchev–Trinajstić information content (AvgIpc) is 2.15. The lowest BCUT2D eigenvalue weighted by molar-refractivity contribution is -0.132. The van der Waals surface area contributed by atoms with Gasteiger partial charge in [-0.25, -0.2) is 4.79 Å². The van der Waals surface area contributed by atoms with Gasteiger partial charge in [-0.3, -0.25) is 0 Å². The Hall–Kier alpha value is -0.790. The van der Waals surface area contributed by atoms with Crippen LogP contribution in [0.25, 0.3) is 0 Å². The van der Waals surface area contributed by atoms with Crippen molar-refractivity contribution in [3.05, 3.63) is 11.1 Å². The summed E-state index contributed by atoms with van der Waals surface area (Å²) in [5.41, 5.74) is 1.91. The van der Waals surface area contributed by atoms with Gasteiger partial charge in [0.2, 0.25) is 0 Å². The molecular formula is C11H18O2. The molecule has 2 heteroatoms. The molecule has 0 atom stereocenters. The van der Waals surface area contributed by atoms with Crippen LogP contribution < -0.4 is 0 Å². The molecule has 0 heterocycles. The van der Waals surface area contributed by atoms with Crippen LogP contribution in [0.4, 0.5) is 0 Å². The van der Waals surface area contributed by atoms with Crippen molar-refractivity contribution in [3.8, 4) is 0 Å². The van der Waals surface area contributed by atoms with Crippen molar-refractivity contribution in [1.29, 1.82) is 0 Å². The highest BCUT2D eigenvalue weighted by molar-refractivity contribution is 5.87. The number of hydrogen-bond donors (Lipinski definition) is 1. The molecule has 13 heavy (non-hydrogen) atoms. The van der Waals surface area contributed by atoms with Crippen molar-refractivity contribution >= 4 is 5.97 Å². The highest BCUT2D eigenvalue weighted by Crippen LogP contribution is 2.27. The molecule has 74 valence electrons. The van der Waals surface area contributed by atoms with Crippen molar-refractivity contribution in [3.63, 3.8) is 0 Å². The van der Waals surface area contributed by atoms with E-state index in [-0.39, 0.29) is 0 Å². The molecule has 2 nitrogen and oxygen atoms in total. The molecule has 0 bridgehead atoms. The van der Waals surface area contributed by atoms with Gasteiger partial charge >= 0.3 is 5.97 Å². The number of aliphatic carboxylic acids is 1. The standard InChI is InChI=1S/C11H18O2/c1-2-6-10(11(12)13)9-7-4-3-5-8-9/h2-8H2,1H3,(H,12,13). The predicted octanol–water partition coefficient (Wildman–Crippen LogP) is 3.13. The summed E-state index contributed by atoms with van der Waals surface area (Å²) < 4.78 is 0. The van der Waals surface area contributed by atoms with Gasteiger partial charge in [-0.2, -0.15) is 0 Å². The number of hydrogen-bond acceptors (Lipinski definition) is 1. The van der Waals surface area contributed by atoms with Crippen LogP contribution in [0, 0.1) is 0 Å².